The van der Waals surface area contributed by atoms with Gasteiger partial charge in [0.2, 0.25) is 0 Å². The molecule has 96 valence electrons. The zero-order chi connectivity index (χ0) is 13.9. The van der Waals surface area contributed by atoms with E-state index in [-0.39, 0.29) is 5.82 Å². The Morgan fingerprint density at radius 1 is 0.600 bits per heavy atom. The first-order chi connectivity index (χ1) is 9.74. The standard InChI is InChI=1S/C18H14BF/c19-17-11-10-16(12-18(17)20)15-8-6-14(7-9-15)13-4-2-1-3-5-13/h1-12H,19H2. The lowest BCUT2D eigenvalue weighted by atomic mass is 9.92. The van der Waals surface area contributed by atoms with Crippen LogP contribution in [0.5, 0.6) is 0 Å². The van der Waals surface area contributed by atoms with Gasteiger partial charge in [0, 0.05) is 0 Å². The molecule has 0 atom stereocenters. The highest BCUT2D eigenvalue weighted by Gasteiger charge is 2.03. The van der Waals surface area contributed by atoms with Gasteiger partial charge >= 0.3 is 0 Å². The molecule has 0 saturated carbocycles. The normalized spacial score (nSPS) is 10.4. The third-order valence-electron chi connectivity index (χ3n) is 3.50. The summed E-state index contributed by atoms with van der Waals surface area (Å²) in [4.78, 5) is 0. The molecule has 2 heteroatoms. The first-order valence-electron chi connectivity index (χ1n) is 6.66. The minimum atomic E-state index is -0.158. The van der Waals surface area contributed by atoms with Crippen LogP contribution in [0.15, 0.2) is 72.8 Å². The van der Waals surface area contributed by atoms with Crippen LogP contribution < -0.4 is 5.46 Å². The van der Waals surface area contributed by atoms with Crippen molar-refractivity contribution < 1.29 is 4.39 Å². The van der Waals surface area contributed by atoms with Gasteiger partial charge in [-0.05, 0) is 28.3 Å². The fourth-order valence-electron chi connectivity index (χ4n) is 2.26. The van der Waals surface area contributed by atoms with Gasteiger partial charge in [0.1, 0.15) is 13.7 Å². The number of halogens is 1. The van der Waals surface area contributed by atoms with Crippen molar-refractivity contribution >= 4 is 13.3 Å². The van der Waals surface area contributed by atoms with E-state index in [1.807, 2.05) is 42.5 Å². The van der Waals surface area contributed by atoms with E-state index in [1.165, 1.54) is 11.1 Å². The zero-order valence-electron chi connectivity index (χ0n) is 11.3. The van der Waals surface area contributed by atoms with Gasteiger partial charge in [-0.25, -0.2) is 4.39 Å². The van der Waals surface area contributed by atoms with Crippen LogP contribution in [0.25, 0.3) is 22.3 Å². The van der Waals surface area contributed by atoms with Gasteiger partial charge in [0.25, 0.3) is 0 Å². The second-order valence-corrected chi connectivity index (χ2v) is 4.91. The van der Waals surface area contributed by atoms with E-state index in [2.05, 4.69) is 24.3 Å². The highest BCUT2D eigenvalue weighted by Crippen LogP contribution is 2.24. The maximum atomic E-state index is 13.6. The van der Waals surface area contributed by atoms with Crippen LogP contribution in [0.2, 0.25) is 0 Å². The van der Waals surface area contributed by atoms with Crippen molar-refractivity contribution in [1.82, 2.24) is 0 Å². The Morgan fingerprint density at radius 2 is 1.10 bits per heavy atom. The van der Waals surface area contributed by atoms with E-state index in [9.17, 15) is 4.39 Å². The SMILES string of the molecule is Bc1ccc(-c2ccc(-c3ccccc3)cc2)cc1F. The summed E-state index contributed by atoms with van der Waals surface area (Å²) in [5, 5.41) is 0. The largest absolute Gasteiger partial charge is 0.208 e. The molecule has 0 aliphatic heterocycles. The minimum absolute atomic E-state index is 0.158. The highest BCUT2D eigenvalue weighted by molar-refractivity contribution is 6.32. The van der Waals surface area contributed by atoms with Gasteiger partial charge in [0.05, 0.1) is 0 Å². The summed E-state index contributed by atoms with van der Waals surface area (Å²) in [5.41, 5.74) is 4.97. The number of hydrogen-bond donors (Lipinski definition) is 0. The Bertz CT molecular complexity index is 718. The topological polar surface area (TPSA) is 0 Å². The minimum Gasteiger partial charge on any atom is -0.208 e. The van der Waals surface area contributed by atoms with Gasteiger partial charge in [-0.3, -0.25) is 0 Å². The molecular weight excluding hydrogens is 246 g/mol. The van der Waals surface area contributed by atoms with Crippen LogP contribution in [-0.2, 0) is 0 Å². The molecule has 3 aromatic rings. The zero-order valence-corrected chi connectivity index (χ0v) is 11.3. The van der Waals surface area contributed by atoms with Crippen molar-refractivity contribution in [2.45, 2.75) is 0 Å². The molecule has 20 heavy (non-hydrogen) atoms. The summed E-state index contributed by atoms with van der Waals surface area (Å²) in [6, 6.07) is 23.8. The molecule has 0 nitrogen and oxygen atoms in total. The molecule has 0 N–H and O–H groups in total. The van der Waals surface area contributed by atoms with Crippen LogP contribution in [0.4, 0.5) is 4.39 Å². The summed E-state index contributed by atoms with van der Waals surface area (Å²) in [6.45, 7) is 0. The molecule has 3 rings (SSSR count). The van der Waals surface area contributed by atoms with E-state index in [0.717, 1.165) is 11.1 Å². The maximum absolute atomic E-state index is 13.6. The molecule has 0 fully saturated rings. The van der Waals surface area contributed by atoms with Crippen LogP contribution in [0, 0.1) is 5.82 Å². The lowest BCUT2D eigenvalue weighted by Gasteiger charge is -2.06. The summed E-state index contributed by atoms with van der Waals surface area (Å²) in [5.74, 6) is -0.158. The predicted octanol–water partition coefficient (Wildman–Crippen LogP) is 3.42. The van der Waals surface area contributed by atoms with Crippen molar-refractivity contribution in [2.75, 3.05) is 0 Å². The average Bonchev–Trinajstić information content (AvgIpc) is 2.51. The lowest BCUT2D eigenvalue weighted by Crippen LogP contribution is -2.07. The predicted molar refractivity (Wildman–Crippen MR) is 85.5 cm³/mol. The third kappa shape index (κ3) is 2.50. The van der Waals surface area contributed by atoms with Crippen molar-refractivity contribution in [3.8, 4) is 22.3 Å². The monoisotopic (exact) mass is 260 g/mol. The number of rotatable bonds is 2. The molecule has 0 heterocycles. The van der Waals surface area contributed by atoms with E-state index in [4.69, 9.17) is 0 Å². The summed E-state index contributed by atoms with van der Waals surface area (Å²) >= 11 is 0. The van der Waals surface area contributed by atoms with Gasteiger partial charge in [0.15, 0.2) is 0 Å². The van der Waals surface area contributed by atoms with Gasteiger partial charge in [-0.15, -0.1) is 0 Å². The fourth-order valence-corrected chi connectivity index (χ4v) is 2.26. The summed E-state index contributed by atoms with van der Waals surface area (Å²) in [7, 11) is 1.78. The number of benzene rings is 3. The molecule has 0 amide bonds. The highest BCUT2D eigenvalue weighted by atomic mass is 19.1. The molecule has 3 aromatic carbocycles. The quantitative estimate of drug-likeness (QED) is 0.619. The van der Waals surface area contributed by atoms with E-state index < -0.39 is 0 Å². The van der Waals surface area contributed by atoms with Crippen LogP contribution in [0.1, 0.15) is 0 Å². The second kappa shape index (κ2) is 5.34. The summed E-state index contributed by atoms with van der Waals surface area (Å²) in [6.07, 6.45) is 0. The Kier molecular flexibility index (Phi) is 3.38. The van der Waals surface area contributed by atoms with Gasteiger partial charge < -0.3 is 0 Å². The number of hydrogen-bond acceptors (Lipinski definition) is 0. The van der Waals surface area contributed by atoms with Gasteiger partial charge in [-0.2, -0.15) is 0 Å². The molecule has 0 radical (unpaired) electrons. The Morgan fingerprint density at radius 3 is 1.70 bits per heavy atom. The third-order valence-corrected chi connectivity index (χ3v) is 3.50. The lowest BCUT2D eigenvalue weighted by molar-refractivity contribution is 0.636. The molecule has 0 aromatic heterocycles. The van der Waals surface area contributed by atoms with E-state index in [1.54, 1.807) is 13.9 Å². The second-order valence-electron chi connectivity index (χ2n) is 4.91. The van der Waals surface area contributed by atoms with Crippen molar-refractivity contribution in [3.63, 3.8) is 0 Å². The van der Waals surface area contributed by atoms with Crippen LogP contribution >= 0.6 is 0 Å². The Hall–Kier alpha value is -2.35. The molecule has 0 aliphatic rings. The Balaban J connectivity index is 1.95. The van der Waals surface area contributed by atoms with Gasteiger partial charge in [-0.1, -0.05) is 72.2 Å². The van der Waals surface area contributed by atoms with E-state index in [0.29, 0.717) is 5.46 Å². The average molecular weight is 260 g/mol. The van der Waals surface area contributed by atoms with Crippen molar-refractivity contribution in [2.24, 2.45) is 0 Å². The van der Waals surface area contributed by atoms with Crippen molar-refractivity contribution in [3.05, 3.63) is 78.6 Å². The molecule has 0 bridgehead atoms. The molecular formula is C18H14BF. The van der Waals surface area contributed by atoms with Crippen molar-refractivity contribution in [1.29, 1.82) is 0 Å². The smallest absolute Gasteiger partial charge is 0.143 e. The molecule has 0 aliphatic carbocycles. The first-order valence-corrected chi connectivity index (χ1v) is 6.66. The maximum Gasteiger partial charge on any atom is 0.143 e. The fraction of sp³-hybridized carbons (Fsp3) is 0. The van der Waals surface area contributed by atoms with Crippen LogP contribution in [0.3, 0.4) is 0 Å². The molecule has 0 unspecified atom stereocenters. The Labute approximate surface area is 119 Å². The van der Waals surface area contributed by atoms with E-state index >= 15 is 0 Å². The first kappa shape index (κ1) is 12.7. The van der Waals surface area contributed by atoms with Crippen LogP contribution in [-0.4, -0.2) is 7.85 Å². The molecule has 0 saturated heterocycles. The molecule has 0 spiro atoms. The summed E-state index contributed by atoms with van der Waals surface area (Å²) < 4.78 is 13.6.